The number of hydrogen-bond donors (Lipinski definition) is 3. The zero-order valence-corrected chi connectivity index (χ0v) is 12.3. The van der Waals surface area contributed by atoms with Crippen molar-refractivity contribution in [3.05, 3.63) is 28.8 Å². The number of benzene rings is 1. The minimum atomic E-state index is -1.07. The van der Waals surface area contributed by atoms with Crippen LogP contribution >= 0.6 is 11.6 Å². The Kier molecular flexibility index (Phi) is 5.03. The fourth-order valence-corrected chi connectivity index (χ4v) is 2.36. The molecule has 0 bridgehead atoms. The first kappa shape index (κ1) is 15.6. The first-order valence-electron chi connectivity index (χ1n) is 6.61. The van der Waals surface area contributed by atoms with Crippen LogP contribution < -0.4 is 10.6 Å². The number of carbonyl (C=O) groups excluding carboxylic acids is 1. The highest BCUT2D eigenvalue weighted by Gasteiger charge is 2.32. The lowest BCUT2D eigenvalue weighted by Gasteiger charge is -2.19. The Hall–Kier alpha value is -1.79. The van der Waals surface area contributed by atoms with Crippen molar-refractivity contribution in [2.45, 2.75) is 19.4 Å². The molecule has 2 atom stereocenters. The van der Waals surface area contributed by atoms with Gasteiger partial charge in [-0.05, 0) is 31.0 Å². The number of carbonyl (C=O) groups is 2. The van der Waals surface area contributed by atoms with Crippen molar-refractivity contribution in [3.63, 3.8) is 0 Å². The predicted molar refractivity (Wildman–Crippen MR) is 78.7 cm³/mol. The van der Waals surface area contributed by atoms with E-state index in [1.807, 2.05) is 6.92 Å². The molecule has 0 aromatic heterocycles. The van der Waals surface area contributed by atoms with E-state index in [-0.39, 0.29) is 5.92 Å². The van der Waals surface area contributed by atoms with Crippen LogP contribution in [0.1, 0.15) is 12.0 Å². The van der Waals surface area contributed by atoms with Gasteiger partial charge >= 0.3 is 12.0 Å². The normalized spacial score (nSPS) is 19.0. The SMILES string of the molecule is Cc1ccc(NC(=O)N[C@@H](C(=O)O)[C@@H]2CCOC2)cc1Cl. The summed E-state index contributed by atoms with van der Waals surface area (Å²) in [5, 5.41) is 14.8. The summed E-state index contributed by atoms with van der Waals surface area (Å²) in [7, 11) is 0. The lowest BCUT2D eigenvalue weighted by atomic mass is 9.99. The molecule has 21 heavy (non-hydrogen) atoms. The van der Waals surface area contributed by atoms with Gasteiger partial charge in [0.1, 0.15) is 6.04 Å². The summed E-state index contributed by atoms with van der Waals surface area (Å²) in [6.07, 6.45) is 0.619. The third-order valence-electron chi connectivity index (χ3n) is 3.42. The molecule has 2 amide bonds. The zero-order valence-electron chi connectivity index (χ0n) is 11.6. The number of nitrogens with one attached hydrogen (secondary N) is 2. The maximum absolute atomic E-state index is 11.9. The number of halogens is 1. The quantitative estimate of drug-likeness (QED) is 0.796. The van der Waals surface area contributed by atoms with Crippen LogP contribution in [-0.2, 0) is 9.53 Å². The molecule has 0 aliphatic carbocycles. The molecule has 0 radical (unpaired) electrons. The van der Waals surface area contributed by atoms with Gasteiger partial charge in [0, 0.05) is 23.2 Å². The summed E-state index contributed by atoms with van der Waals surface area (Å²) in [5.74, 6) is -1.28. The molecule has 1 aliphatic heterocycles. The number of aryl methyl sites for hydroxylation is 1. The molecule has 1 fully saturated rings. The Morgan fingerprint density at radius 1 is 1.48 bits per heavy atom. The van der Waals surface area contributed by atoms with Gasteiger partial charge in [-0.2, -0.15) is 0 Å². The molecule has 0 spiro atoms. The second-order valence-electron chi connectivity index (χ2n) is 5.00. The number of hydrogen-bond acceptors (Lipinski definition) is 3. The summed E-state index contributed by atoms with van der Waals surface area (Å²) in [4.78, 5) is 23.2. The van der Waals surface area contributed by atoms with Gasteiger partial charge in [0.2, 0.25) is 0 Å². The highest BCUT2D eigenvalue weighted by molar-refractivity contribution is 6.31. The molecule has 1 aliphatic rings. The molecule has 0 unspecified atom stereocenters. The van der Waals surface area contributed by atoms with Gasteiger partial charge in [-0.3, -0.25) is 0 Å². The molecule has 114 valence electrons. The van der Waals surface area contributed by atoms with Crippen molar-refractivity contribution < 1.29 is 19.4 Å². The summed E-state index contributed by atoms with van der Waals surface area (Å²) < 4.78 is 5.16. The number of carboxylic acids is 1. The largest absolute Gasteiger partial charge is 0.480 e. The van der Waals surface area contributed by atoms with Gasteiger partial charge in [0.15, 0.2) is 0 Å². The Labute approximate surface area is 127 Å². The zero-order chi connectivity index (χ0) is 15.4. The van der Waals surface area contributed by atoms with Crippen LogP contribution in [0.3, 0.4) is 0 Å². The maximum atomic E-state index is 11.9. The number of urea groups is 1. The molecule has 1 aromatic rings. The van der Waals surface area contributed by atoms with Crippen LogP contribution in [0.4, 0.5) is 10.5 Å². The number of ether oxygens (including phenoxy) is 1. The molecule has 2 rings (SSSR count). The van der Waals surface area contributed by atoms with Crippen molar-refractivity contribution in [2.75, 3.05) is 18.5 Å². The Balaban J connectivity index is 1.98. The molecular formula is C14H17ClN2O4. The topological polar surface area (TPSA) is 87.7 Å². The van der Waals surface area contributed by atoms with E-state index in [0.29, 0.717) is 30.3 Å². The monoisotopic (exact) mass is 312 g/mol. The second kappa shape index (κ2) is 6.78. The third kappa shape index (κ3) is 4.09. The van der Waals surface area contributed by atoms with E-state index in [1.54, 1.807) is 18.2 Å². The van der Waals surface area contributed by atoms with Gasteiger partial charge < -0.3 is 20.5 Å². The van der Waals surface area contributed by atoms with Crippen LogP contribution in [0.25, 0.3) is 0 Å². The van der Waals surface area contributed by atoms with E-state index in [2.05, 4.69) is 10.6 Å². The smallest absolute Gasteiger partial charge is 0.326 e. The third-order valence-corrected chi connectivity index (χ3v) is 3.83. The maximum Gasteiger partial charge on any atom is 0.326 e. The van der Waals surface area contributed by atoms with E-state index in [0.717, 1.165) is 5.56 Å². The van der Waals surface area contributed by atoms with Crippen LogP contribution in [0.2, 0.25) is 5.02 Å². The number of anilines is 1. The number of amides is 2. The molecule has 1 saturated heterocycles. The van der Waals surface area contributed by atoms with Crippen molar-refractivity contribution in [3.8, 4) is 0 Å². The fraction of sp³-hybridized carbons (Fsp3) is 0.429. The standard InChI is InChI=1S/C14H17ClN2O4/c1-8-2-3-10(6-11(8)15)16-14(20)17-12(13(18)19)9-4-5-21-7-9/h2-3,6,9,12H,4-5,7H2,1H3,(H,18,19)(H2,16,17,20)/t9-,12-/m1/s1. The van der Waals surface area contributed by atoms with E-state index >= 15 is 0 Å². The summed E-state index contributed by atoms with van der Waals surface area (Å²) in [5.41, 5.74) is 1.41. The summed E-state index contributed by atoms with van der Waals surface area (Å²) in [6, 6.07) is 3.56. The van der Waals surface area contributed by atoms with Gasteiger partial charge in [0.25, 0.3) is 0 Å². The highest BCUT2D eigenvalue weighted by Crippen LogP contribution is 2.20. The van der Waals surface area contributed by atoms with E-state index in [1.165, 1.54) is 0 Å². The molecule has 3 N–H and O–H groups in total. The van der Waals surface area contributed by atoms with Crippen molar-refractivity contribution in [1.82, 2.24) is 5.32 Å². The van der Waals surface area contributed by atoms with E-state index in [4.69, 9.17) is 16.3 Å². The fourth-order valence-electron chi connectivity index (χ4n) is 2.18. The average Bonchev–Trinajstić information content (AvgIpc) is 2.93. The molecule has 0 saturated carbocycles. The van der Waals surface area contributed by atoms with Crippen molar-refractivity contribution in [1.29, 1.82) is 0 Å². The van der Waals surface area contributed by atoms with E-state index in [9.17, 15) is 14.7 Å². The lowest BCUT2D eigenvalue weighted by molar-refractivity contribution is -0.140. The number of rotatable bonds is 4. The van der Waals surface area contributed by atoms with Crippen LogP contribution in [0.15, 0.2) is 18.2 Å². The number of aliphatic carboxylic acids is 1. The van der Waals surface area contributed by atoms with Gasteiger partial charge in [-0.15, -0.1) is 0 Å². The second-order valence-corrected chi connectivity index (χ2v) is 5.41. The Morgan fingerprint density at radius 2 is 2.24 bits per heavy atom. The highest BCUT2D eigenvalue weighted by atomic mass is 35.5. The Bertz CT molecular complexity index is 544. The van der Waals surface area contributed by atoms with Crippen LogP contribution in [0.5, 0.6) is 0 Å². The van der Waals surface area contributed by atoms with Crippen LogP contribution in [-0.4, -0.2) is 36.4 Å². The first-order chi connectivity index (χ1) is 9.97. The first-order valence-corrected chi connectivity index (χ1v) is 6.99. The Morgan fingerprint density at radius 3 is 2.81 bits per heavy atom. The van der Waals surface area contributed by atoms with Gasteiger partial charge in [0.05, 0.1) is 6.61 Å². The average molecular weight is 313 g/mol. The van der Waals surface area contributed by atoms with Crippen molar-refractivity contribution in [2.24, 2.45) is 5.92 Å². The summed E-state index contributed by atoms with van der Waals surface area (Å²) in [6.45, 7) is 2.71. The molecule has 6 nitrogen and oxygen atoms in total. The van der Waals surface area contributed by atoms with Gasteiger partial charge in [-0.1, -0.05) is 17.7 Å². The van der Waals surface area contributed by atoms with Gasteiger partial charge in [-0.25, -0.2) is 9.59 Å². The molecule has 1 aromatic carbocycles. The predicted octanol–water partition coefficient (Wildman–Crippen LogP) is 2.26. The van der Waals surface area contributed by atoms with E-state index < -0.39 is 18.0 Å². The number of carboxylic acid groups (broad SMARTS) is 1. The van der Waals surface area contributed by atoms with Crippen molar-refractivity contribution >= 4 is 29.3 Å². The van der Waals surface area contributed by atoms with Crippen LogP contribution in [0, 0.1) is 12.8 Å². The molecular weight excluding hydrogens is 296 g/mol. The summed E-state index contributed by atoms with van der Waals surface area (Å²) >= 11 is 5.97. The minimum Gasteiger partial charge on any atom is -0.480 e. The molecule has 1 heterocycles. The lowest BCUT2D eigenvalue weighted by Crippen LogP contribution is -2.47. The molecule has 7 heteroatoms. The minimum absolute atomic E-state index is 0.213.